The summed E-state index contributed by atoms with van der Waals surface area (Å²) < 4.78 is 27.6. The molecule has 2 heterocycles. The Bertz CT molecular complexity index is 1260. The number of nitrogens with zero attached hydrogens (tertiary/aromatic N) is 2. The smallest absolute Gasteiger partial charge is 0.229 e. The summed E-state index contributed by atoms with van der Waals surface area (Å²) in [5.74, 6) is -0.0942. The Labute approximate surface area is 230 Å². The van der Waals surface area contributed by atoms with Gasteiger partial charge in [0.25, 0.3) is 0 Å². The molecule has 37 heavy (non-hydrogen) atoms. The fourth-order valence-electron chi connectivity index (χ4n) is 5.99. The van der Waals surface area contributed by atoms with Crippen molar-refractivity contribution in [2.24, 2.45) is 5.41 Å². The first-order valence-electron chi connectivity index (χ1n) is 12.7. The monoisotopic (exact) mass is 563 g/mol. The zero-order chi connectivity index (χ0) is 27.0. The molecule has 2 aliphatic rings. The summed E-state index contributed by atoms with van der Waals surface area (Å²) in [4.78, 5) is 20.7. The Kier molecular flexibility index (Phi) is 8.11. The Morgan fingerprint density at radius 1 is 1.19 bits per heavy atom. The van der Waals surface area contributed by atoms with Gasteiger partial charge in [-0.1, -0.05) is 55.3 Å². The van der Waals surface area contributed by atoms with Crippen LogP contribution in [-0.4, -0.2) is 42.0 Å². The van der Waals surface area contributed by atoms with Crippen LogP contribution in [0.25, 0.3) is 0 Å². The van der Waals surface area contributed by atoms with Gasteiger partial charge in [0, 0.05) is 29.4 Å². The number of benzene rings is 1. The number of hydrogen-bond donors (Lipinski definition) is 1. The second-order valence-electron chi connectivity index (χ2n) is 10.7. The molecule has 1 saturated carbocycles. The molecule has 1 N–H and O–H groups in total. The first kappa shape index (κ1) is 28.1. The minimum Gasteiger partial charge on any atom is -0.332 e. The molecule has 1 aliphatic carbocycles. The number of amides is 1. The van der Waals surface area contributed by atoms with Gasteiger partial charge in [0.05, 0.1) is 21.2 Å². The average molecular weight is 565 g/mol. The Morgan fingerprint density at radius 2 is 1.86 bits per heavy atom. The van der Waals surface area contributed by atoms with Crippen molar-refractivity contribution < 1.29 is 13.2 Å². The van der Waals surface area contributed by atoms with E-state index in [0.717, 1.165) is 11.1 Å². The van der Waals surface area contributed by atoms with Gasteiger partial charge in [-0.3, -0.25) is 9.78 Å². The van der Waals surface area contributed by atoms with E-state index in [0.29, 0.717) is 48.6 Å². The molecule has 9 heteroatoms. The molecule has 0 bridgehead atoms. The topological polar surface area (TPSA) is 79.4 Å². The van der Waals surface area contributed by atoms with Crippen molar-refractivity contribution in [1.29, 1.82) is 0 Å². The third-order valence-corrected chi connectivity index (χ3v) is 10.9. The number of allylic oxidation sites excluding steroid dienone is 1. The molecule has 0 unspecified atom stereocenters. The number of nitrogens with one attached hydrogen (secondary N) is 1. The number of likely N-dealkylation sites (tertiary alicyclic amines) is 1. The van der Waals surface area contributed by atoms with Gasteiger partial charge in [0.15, 0.2) is 0 Å². The van der Waals surface area contributed by atoms with Crippen LogP contribution in [0.4, 0.5) is 0 Å². The number of rotatable bonds is 10. The molecular formula is C28H35Cl2N3O3S. The van der Waals surface area contributed by atoms with Crippen molar-refractivity contribution in [3.8, 4) is 0 Å². The number of sulfonamides is 1. The van der Waals surface area contributed by atoms with E-state index in [-0.39, 0.29) is 23.9 Å². The highest BCUT2D eigenvalue weighted by molar-refractivity contribution is 7.91. The van der Waals surface area contributed by atoms with Gasteiger partial charge in [-0.2, -0.15) is 0 Å². The highest BCUT2D eigenvalue weighted by Crippen LogP contribution is 2.54. The second kappa shape index (κ2) is 10.7. The van der Waals surface area contributed by atoms with Gasteiger partial charge in [-0.25, -0.2) is 13.1 Å². The van der Waals surface area contributed by atoms with Crippen molar-refractivity contribution in [1.82, 2.24) is 14.6 Å². The Balaban J connectivity index is 1.88. The zero-order valence-electron chi connectivity index (χ0n) is 21.6. The summed E-state index contributed by atoms with van der Waals surface area (Å²) in [6.07, 6.45) is 8.49. The molecule has 0 spiro atoms. The standard InChI is InChI=1S/C28H35Cl2N3O3S/c1-5-11-27(3)16-24(20-14-22(30)18-32-17-20)25(19-7-9-21(29)10-8-19)33(26(27)34)23(6-2)15-28(12-13-28)37(35,36)31-4/h5,7-10,14,17-18,23-25,31H,1,6,11-13,15-16H2,2-4H3/t23-,24+,25+,27-/m0/s1. The first-order valence-corrected chi connectivity index (χ1v) is 15.0. The quantitative estimate of drug-likeness (QED) is 0.345. The summed E-state index contributed by atoms with van der Waals surface area (Å²) in [6, 6.07) is 8.88. The maximum absolute atomic E-state index is 14.4. The normalized spacial score (nSPS) is 26.1. The molecule has 2 fully saturated rings. The molecule has 4 atom stereocenters. The van der Waals surface area contributed by atoms with E-state index >= 15 is 0 Å². The summed E-state index contributed by atoms with van der Waals surface area (Å²) in [7, 11) is -2.03. The number of halogens is 2. The molecule has 1 aromatic heterocycles. The van der Waals surface area contributed by atoms with Crippen LogP contribution in [0.3, 0.4) is 0 Å². The van der Waals surface area contributed by atoms with Crippen LogP contribution < -0.4 is 4.72 Å². The Morgan fingerprint density at radius 3 is 2.41 bits per heavy atom. The molecule has 1 aliphatic heterocycles. The fraction of sp³-hybridized carbons (Fsp3) is 0.500. The molecule has 0 radical (unpaired) electrons. The third kappa shape index (κ3) is 5.33. The highest BCUT2D eigenvalue weighted by atomic mass is 35.5. The molecule has 2 aromatic rings. The number of aromatic nitrogens is 1. The van der Waals surface area contributed by atoms with Gasteiger partial charge in [-0.05, 0) is 74.9 Å². The van der Waals surface area contributed by atoms with Crippen molar-refractivity contribution in [3.05, 3.63) is 76.6 Å². The van der Waals surface area contributed by atoms with Crippen LogP contribution in [0.2, 0.25) is 10.0 Å². The van der Waals surface area contributed by atoms with Crippen LogP contribution in [0.1, 0.15) is 75.5 Å². The lowest BCUT2D eigenvalue weighted by molar-refractivity contribution is -0.155. The lowest BCUT2D eigenvalue weighted by Gasteiger charge is -2.52. The maximum atomic E-state index is 14.4. The molecular weight excluding hydrogens is 529 g/mol. The summed E-state index contributed by atoms with van der Waals surface area (Å²) >= 11 is 12.6. The molecule has 1 saturated heterocycles. The molecule has 6 nitrogen and oxygen atoms in total. The molecule has 1 aromatic carbocycles. The van der Waals surface area contributed by atoms with E-state index in [9.17, 15) is 13.2 Å². The number of hydrogen-bond acceptors (Lipinski definition) is 4. The van der Waals surface area contributed by atoms with E-state index in [1.807, 2.05) is 55.3 Å². The van der Waals surface area contributed by atoms with Crippen molar-refractivity contribution in [2.45, 2.75) is 75.1 Å². The van der Waals surface area contributed by atoms with Crippen LogP contribution >= 0.6 is 23.2 Å². The van der Waals surface area contributed by atoms with Gasteiger partial charge >= 0.3 is 0 Å². The highest BCUT2D eigenvalue weighted by Gasteiger charge is 2.58. The largest absolute Gasteiger partial charge is 0.332 e. The van der Waals surface area contributed by atoms with Gasteiger partial charge < -0.3 is 4.90 Å². The van der Waals surface area contributed by atoms with Crippen molar-refractivity contribution >= 4 is 39.1 Å². The van der Waals surface area contributed by atoms with Crippen LogP contribution in [0.15, 0.2) is 55.4 Å². The molecule has 4 rings (SSSR count). The predicted octanol–water partition coefficient (Wildman–Crippen LogP) is 6.28. The SMILES string of the molecule is C=CC[C@@]1(C)C[C@H](c2cncc(Cl)c2)[C@@H](c2ccc(Cl)cc2)N([C@@H](CC)CC2(S(=O)(=O)NC)CC2)C1=O. The van der Waals surface area contributed by atoms with E-state index in [1.165, 1.54) is 7.05 Å². The minimum absolute atomic E-state index is 0.0168. The Hall–Kier alpha value is -1.93. The van der Waals surface area contributed by atoms with E-state index in [1.54, 1.807) is 12.3 Å². The summed E-state index contributed by atoms with van der Waals surface area (Å²) in [5.41, 5.74) is 1.19. The van der Waals surface area contributed by atoms with E-state index in [4.69, 9.17) is 23.2 Å². The average Bonchev–Trinajstić information content (AvgIpc) is 3.66. The lowest BCUT2D eigenvalue weighted by atomic mass is 9.67. The van der Waals surface area contributed by atoms with E-state index < -0.39 is 20.2 Å². The molecule has 1 amide bonds. The van der Waals surface area contributed by atoms with E-state index in [2.05, 4.69) is 16.3 Å². The minimum atomic E-state index is -3.49. The predicted molar refractivity (Wildman–Crippen MR) is 149 cm³/mol. The number of pyridine rings is 1. The second-order valence-corrected chi connectivity index (χ2v) is 13.8. The first-order chi connectivity index (χ1) is 17.5. The summed E-state index contributed by atoms with van der Waals surface area (Å²) in [5, 5.41) is 1.14. The van der Waals surface area contributed by atoms with Crippen LogP contribution in [-0.2, 0) is 14.8 Å². The van der Waals surface area contributed by atoms with Gasteiger partial charge in [0.2, 0.25) is 15.9 Å². The number of carbonyl (C=O) groups is 1. The van der Waals surface area contributed by atoms with Gasteiger partial charge in [-0.15, -0.1) is 6.58 Å². The van der Waals surface area contributed by atoms with Crippen LogP contribution in [0, 0.1) is 5.41 Å². The number of carbonyl (C=O) groups excluding carboxylic acids is 1. The molecule has 200 valence electrons. The van der Waals surface area contributed by atoms with Crippen molar-refractivity contribution in [3.63, 3.8) is 0 Å². The van der Waals surface area contributed by atoms with Crippen molar-refractivity contribution in [2.75, 3.05) is 7.05 Å². The third-order valence-electron chi connectivity index (χ3n) is 8.18. The maximum Gasteiger partial charge on any atom is 0.229 e. The van der Waals surface area contributed by atoms with Crippen LogP contribution in [0.5, 0.6) is 0 Å². The lowest BCUT2D eigenvalue weighted by Crippen LogP contribution is -2.56. The number of piperidine rings is 1. The summed E-state index contributed by atoms with van der Waals surface area (Å²) in [6.45, 7) is 7.93. The fourth-order valence-corrected chi connectivity index (χ4v) is 7.78. The zero-order valence-corrected chi connectivity index (χ0v) is 23.9. The van der Waals surface area contributed by atoms with Gasteiger partial charge in [0.1, 0.15) is 0 Å².